The van der Waals surface area contributed by atoms with Crippen molar-refractivity contribution in [1.29, 1.82) is 0 Å². The van der Waals surface area contributed by atoms with Gasteiger partial charge in [0.05, 0.1) is 18.4 Å². The number of pyridine rings is 1. The van der Waals surface area contributed by atoms with E-state index in [1.807, 2.05) is 12.1 Å². The second-order valence-corrected chi connectivity index (χ2v) is 4.74. The molecule has 1 unspecified atom stereocenters. The fourth-order valence-corrected chi connectivity index (χ4v) is 1.62. The zero-order chi connectivity index (χ0) is 13.7. The van der Waals surface area contributed by atoms with Crippen molar-refractivity contribution in [2.75, 3.05) is 13.2 Å². The van der Waals surface area contributed by atoms with E-state index in [2.05, 4.69) is 29.5 Å². The molecule has 1 aliphatic rings. The van der Waals surface area contributed by atoms with E-state index in [0.29, 0.717) is 24.9 Å². The number of aromatic nitrogens is 1. The van der Waals surface area contributed by atoms with Gasteiger partial charge in [-0.2, -0.15) is 0 Å². The SMILES string of the molecule is CC(C)NCc1ccc(OCC2CNC(=O)O2)cn1. The molecule has 1 aromatic heterocycles. The summed E-state index contributed by atoms with van der Waals surface area (Å²) in [5.74, 6) is 0.677. The summed E-state index contributed by atoms with van der Waals surface area (Å²) >= 11 is 0. The number of nitrogens with one attached hydrogen (secondary N) is 2. The predicted molar refractivity (Wildman–Crippen MR) is 70.0 cm³/mol. The van der Waals surface area contributed by atoms with Gasteiger partial charge in [-0.05, 0) is 12.1 Å². The molecule has 1 fully saturated rings. The Hall–Kier alpha value is -1.82. The van der Waals surface area contributed by atoms with Crippen LogP contribution in [0.1, 0.15) is 19.5 Å². The molecule has 0 bridgehead atoms. The largest absolute Gasteiger partial charge is 0.488 e. The quantitative estimate of drug-likeness (QED) is 0.805. The Labute approximate surface area is 112 Å². The third-order valence-electron chi connectivity index (χ3n) is 2.67. The molecule has 2 rings (SSSR count). The summed E-state index contributed by atoms with van der Waals surface area (Å²) in [6, 6.07) is 4.22. The van der Waals surface area contributed by atoms with E-state index in [1.54, 1.807) is 6.20 Å². The van der Waals surface area contributed by atoms with Crippen LogP contribution in [0.25, 0.3) is 0 Å². The molecule has 6 nitrogen and oxygen atoms in total. The number of amides is 1. The van der Waals surface area contributed by atoms with E-state index in [1.165, 1.54) is 0 Å². The molecule has 1 atom stereocenters. The van der Waals surface area contributed by atoms with Gasteiger partial charge in [0.1, 0.15) is 12.4 Å². The monoisotopic (exact) mass is 265 g/mol. The van der Waals surface area contributed by atoms with Crippen molar-refractivity contribution in [3.8, 4) is 5.75 Å². The molecule has 104 valence electrons. The van der Waals surface area contributed by atoms with E-state index in [4.69, 9.17) is 9.47 Å². The number of alkyl carbamates (subject to hydrolysis) is 1. The summed E-state index contributed by atoms with van der Waals surface area (Å²) in [5, 5.41) is 5.87. The predicted octanol–water partition coefficient (Wildman–Crippen LogP) is 1.07. The lowest BCUT2D eigenvalue weighted by atomic mass is 10.3. The maximum Gasteiger partial charge on any atom is 0.407 e. The van der Waals surface area contributed by atoms with Crippen LogP contribution in [0.5, 0.6) is 5.75 Å². The first-order valence-electron chi connectivity index (χ1n) is 6.39. The normalized spacial score (nSPS) is 18.3. The number of nitrogens with zero attached hydrogens (tertiary/aromatic N) is 1. The third kappa shape index (κ3) is 4.40. The first-order chi connectivity index (χ1) is 9.13. The molecule has 0 saturated carbocycles. The molecule has 19 heavy (non-hydrogen) atoms. The average molecular weight is 265 g/mol. The second-order valence-electron chi connectivity index (χ2n) is 4.74. The van der Waals surface area contributed by atoms with E-state index < -0.39 is 0 Å². The van der Waals surface area contributed by atoms with E-state index in [0.717, 1.165) is 12.2 Å². The first kappa shape index (κ1) is 13.6. The summed E-state index contributed by atoms with van der Waals surface area (Å²) in [5.41, 5.74) is 0.968. The summed E-state index contributed by atoms with van der Waals surface area (Å²) in [6.45, 7) is 5.75. The van der Waals surface area contributed by atoms with Crippen LogP contribution in [-0.4, -0.2) is 36.4 Å². The van der Waals surface area contributed by atoms with Gasteiger partial charge in [-0.15, -0.1) is 0 Å². The molecule has 2 N–H and O–H groups in total. The first-order valence-corrected chi connectivity index (χ1v) is 6.39. The minimum Gasteiger partial charge on any atom is -0.488 e. The zero-order valence-electron chi connectivity index (χ0n) is 11.2. The van der Waals surface area contributed by atoms with Gasteiger partial charge in [-0.25, -0.2) is 4.79 Å². The number of carbonyl (C=O) groups excluding carboxylic acids is 1. The summed E-state index contributed by atoms with van der Waals surface area (Å²) < 4.78 is 10.5. The molecule has 6 heteroatoms. The molecule has 2 heterocycles. The van der Waals surface area contributed by atoms with Crippen molar-refractivity contribution >= 4 is 6.09 Å². The Bertz CT molecular complexity index is 420. The van der Waals surface area contributed by atoms with Crippen molar-refractivity contribution in [2.24, 2.45) is 0 Å². The molecule has 1 aromatic rings. The van der Waals surface area contributed by atoms with Crippen LogP contribution in [0.3, 0.4) is 0 Å². The maximum absolute atomic E-state index is 10.8. The van der Waals surface area contributed by atoms with E-state index in [9.17, 15) is 4.79 Å². The van der Waals surface area contributed by atoms with Gasteiger partial charge in [-0.1, -0.05) is 13.8 Å². The lowest BCUT2D eigenvalue weighted by Gasteiger charge is -2.11. The third-order valence-corrected chi connectivity index (χ3v) is 2.67. The summed E-state index contributed by atoms with van der Waals surface area (Å²) in [7, 11) is 0. The summed E-state index contributed by atoms with van der Waals surface area (Å²) in [4.78, 5) is 15.1. The van der Waals surface area contributed by atoms with Crippen molar-refractivity contribution in [3.05, 3.63) is 24.0 Å². The fraction of sp³-hybridized carbons (Fsp3) is 0.538. The van der Waals surface area contributed by atoms with Crippen LogP contribution in [0.2, 0.25) is 0 Å². The van der Waals surface area contributed by atoms with Gasteiger partial charge in [0, 0.05) is 12.6 Å². The van der Waals surface area contributed by atoms with Crippen LogP contribution < -0.4 is 15.4 Å². The molecular weight excluding hydrogens is 246 g/mol. The van der Waals surface area contributed by atoms with Gasteiger partial charge in [0.15, 0.2) is 6.10 Å². The lowest BCUT2D eigenvalue weighted by molar-refractivity contribution is 0.104. The van der Waals surface area contributed by atoms with Gasteiger partial charge in [-0.3, -0.25) is 4.98 Å². The lowest BCUT2D eigenvalue weighted by Crippen LogP contribution is -2.23. The van der Waals surface area contributed by atoms with Crippen molar-refractivity contribution < 1.29 is 14.3 Å². The highest BCUT2D eigenvalue weighted by molar-refractivity contribution is 5.69. The zero-order valence-corrected chi connectivity index (χ0v) is 11.2. The fourth-order valence-electron chi connectivity index (χ4n) is 1.62. The van der Waals surface area contributed by atoms with Crippen molar-refractivity contribution in [1.82, 2.24) is 15.6 Å². The highest BCUT2D eigenvalue weighted by Crippen LogP contribution is 2.11. The van der Waals surface area contributed by atoms with Gasteiger partial charge in [0.25, 0.3) is 0 Å². The molecule has 0 aromatic carbocycles. The molecule has 0 aliphatic carbocycles. The second kappa shape index (κ2) is 6.38. The van der Waals surface area contributed by atoms with E-state index in [-0.39, 0.29) is 12.2 Å². The number of hydrogen-bond donors (Lipinski definition) is 2. The highest BCUT2D eigenvalue weighted by Gasteiger charge is 2.22. The van der Waals surface area contributed by atoms with E-state index >= 15 is 0 Å². The maximum atomic E-state index is 10.8. The minimum absolute atomic E-state index is 0.227. The Kier molecular flexibility index (Phi) is 4.57. The Morgan fingerprint density at radius 3 is 3.00 bits per heavy atom. The number of cyclic esters (lactones) is 1. The van der Waals surface area contributed by atoms with Crippen LogP contribution in [-0.2, 0) is 11.3 Å². The molecular formula is C13H19N3O3. The molecule has 1 saturated heterocycles. The Balaban J connectivity index is 1.76. The number of rotatable bonds is 6. The van der Waals surface area contributed by atoms with Crippen molar-refractivity contribution in [2.45, 2.75) is 32.5 Å². The molecule has 1 aliphatic heterocycles. The molecule has 0 radical (unpaired) electrons. The van der Waals surface area contributed by atoms with Gasteiger partial charge in [0.2, 0.25) is 0 Å². The van der Waals surface area contributed by atoms with Crippen LogP contribution in [0, 0.1) is 0 Å². The van der Waals surface area contributed by atoms with Crippen LogP contribution in [0.4, 0.5) is 4.79 Å². The number of hydrogen-bond acceptors (Lipinski definition) is 5. The Morgan fingerprint density at radius 2 is 2.42 bits per heavy atom. The number of ether oxygens (including phenoxy) is 2. The molecule has 1 amide bonds. The smallest absolute Gasteiger partial charge is 0.407 e. The van der Waals surface area contributed by atoms with Crippen LogP contribution in [0.15, 0.2) is 18.3 Å². The standard InChI is InChI=1S/C13H19N3O3/c1-9(2)14-5-10-3-4-11(6-15-10)18-8-12-7-16-13(17)19-12/h3-4,6,9,12,14H,5,7-8H2,1-2H3,(H,16,17). The highest BCUT2D eigenvalue weighted by atomic mass is 16.6. The van der Waals surface area contributed by atoms with Gasteiger partial charge >= 0.3 is 6.09 Å². The number of carbonyl (C=O) groups is 1. The molecule has 0 spiro atoms. The van der Waals surface area contributed by atoms with Gasteiger partial charge < -0.3 is 20.1 Å². The topological polar surface area (TPSA) is 72.5 Å². The Morgan fingerprint density at radius 1 is 1.58 bits per heavy atom. The summed E-state index contributed by atoms with van der Waals surface area (Å²) in [6.07, 6.45) is 1.07. The van der Waals surface area contributed by atoms with Crippen LogP contribution >= 0.6 is 0 Å². The minimum atomic E-state index is -0.387. The average Bonchev–Trinajstić information content (AvgIpc) is 2.81. The van der Waals surface area contributed by atoms with Crippen molar-refractivity contribution in [3.63, 3.8) is 0 Å².